The molecule has 2 unspecified atom stereocenters. The molecule has 1 amide bonds. The molecule has 1 aromatic heterocycles. The third-order valence-corrected chi connectivity index (χ3v) is 4.48. The van der Waals surface area contributed by atoms with Crippen LogP contribution in [0, 0.1) is 0 Å². The van der Waals surface area contributed by atoms with Gasteiger partial charge in [-0.15, -0.1) is 0 Å². The van der Waals surface area contributed by atoms with Crippen LogP contribution < -0.4 is 5.32 Å². The summed E-state index contributed by atoms with van der Waals surface area (Å²) in [5.74, 6) is 0. The molecular weight excluding hydrogens is 332 g/mol. The largest absolute Gasteiger partial charge is 0.445 e. The predicted octanol–water partition coefficient (Wildman–Crippen LogP) is 2.11. The summed E-state index contributed by atoms with van der Waals surface area (Å²) in [5.41, 5.74) is 2.11. The van der Waals surface area contributed by atoms with E-state index in [1.807, 2.05) is 49.8 Å². The van der Waals surface area contributed by atoms with Crippen LogP contribution in [0.25, 0.3) is 0 Å². The van der Waals surface area contributed by atoms with Crippen molar-refractivity contribution in [2.75, 3.05) is 26.2 Å². The van der Waals surface area contributed by atoms with E-state index in [1.165, 1.54) is 0 Å². The Morgan fingerprint density at radius 2 is 2.23 bits per heavy atom. The van der Waals surface area contributed by atoms with Crippen LogP contribution in [0.3, 0.4) is 0 Å². The Bertz CT molecular complexity index is 704. The maximum atomic E-state index is 12.3. The van der Waals surface area contributed by atoms with Gasteiger partial charge in [-0.3, -0.25) is 4.68 Å². The van der Waals surface area contributed by atoms with Crippen LogP contribution in [-0.4, -0.2) is 53.1 Å². The minimum absolute atomic E-state index is 0.0489. The number of carbonyl (C=O) groups excluding carboxylic acids is 1. The molecule has 0 saturated carbocycles. The van der Waals surface area contributed by atoms with Gasteiger partial charge in [0.25, 0.3) is 0 Å². The van der Waals surface area contributed by atoms with E-state index in [9.17, 15) is 4.79 Å². The number of hydrogen-bond donors (Lipinski definition) is 1. The molecule has 1 aliphatic rings. The van der Waals surface area contributed by atoms with E-state index < -0.39 is 0 Å². The lowest BCUT2D eigenvalue weighted by molar-refractivity contribution is -0.0278. The number of amides is 1. The van der Waals surface area contributed by atoms with Gasteiger partial charge in [-0.1, -0.05) is 30.3 Å². The van der Waals surface area contributed by atoms with Gasteiger partial charge in [0.1, 0.15) is 6.61 Å². The summed E-state index contributed by atoms with van der Waals surface area (Å²) >= 11 is 0. The molecule has 140 valence electrons. The smallest absolute Gasteiger partial charge is 0.410 e. The summed E-state index contributed by atoms with van der Waals surface area (Å²) in [7, 11) is 1.90. The highest BCUT2D eigenvalue weighted by atomic mass is 16.6. The molecule has 1 fully saturated rings. The summed E-state index contributed by atoms with van der Waals surface area (Å²) < 4.78 is 13.0. The van der Waals surface area contributed by atoms with Gasteiger partial charge in [0.05, 0.1) is 25.5 Å². The molecule has 0 aliphatic carbocycles. The maximum Gasteiger partial charge on any atom is 0.410 e. The number of benzene rings is 1. The first-order valence-corrected chi connectivity index (χ1v) is 8.91. The van der Waals surface area contributed by atoms with Crippen LogP contribution in [0.15, 0.2) is 42.7 Å². The number of rotatable bonds is 6. The zero-order chi connectivity index (χ0) is 18.4. The molecule has 0 radical (unpaired) electrons. The summed E-state index contributed by atoms with van der Waals surface area (Å²) in [4.78, 5) is 14.0. The Hall–Kier alpha value is -2.38. The van der Waals surface area contributed by atoms with Crippen LogP contribution >= 0.6 is 0 Å². The Morgan fingerprint density at radius 3 is 2.96 bits per heavy atom. The first kappa shape index (κ1) is 18.4. The monoisotopic (exact) mass is 358 g/mol. The first-order valence-electron chi connectivity index (χ1n) is 8.91. The maximum absolute atomic E-state index is 12.3. The molecule has 3 rings (SSSR count). The highest BCUT2D eigenvalue weighted by Crippen LogP contribution is 2.12. The van der Waals surface area contributed by atoms with Crippen molar-refractivity contribution < 1.29 is 14.3 Å². The van der Waals surface area contributed by atoms with Gasteiger partial charge in [0.15, 0.2) is 0 Å². The first-order chi connectivity index (χ1) is 12.6. The van der Waals surface area contributed by atoms with E-state index in [4.69, 9.17) is 9.47 Å². The topological polar surface area (TPSA) is 68.6 Å². The van der Waals surface area contributed by atoms with E-state index in [2.05, 4.69) is 17.3 Å². The Balaban J connectivity index is 1.43. The Labute approximate surface area is 153 Å². The van der Waals surface area contributed by atoms with Crippen molar-refractivity contribution in [1.82, 2.24) is 20.0 Å². The molecule has 1 aromatic carbocycles. The Kier molecular flexibility index (Phi) is 6.25. The van der Waals surface area contributed by atoms with Gasteiger partial charge >= 0.3 is 6.09 Å². The fourth-order valence-electron chi connectivity index (χ4n) is 2.91. The SMILES string of the molecule is CC(NCC1CN(C(=O)OCc2ccccc2)CCO1)c1cnn(C)c1. The molecule has 1 N–H and O–H groups in total. The van der Waals surface area contributed by atoms with Crippen molar-refractivity contribution in [1.29, 1.82) is 0 Å². The zero-order valence-corrected chi connectivity index (χ0v) is 15.3. The second-order valence-corrected chi connectivity index (χ2v) is 6.56. The third-order valence-electron chi connectivity index (χ3n) is 4.48. The number of nitrogens with one attached hydrogen (secondary N) is 1. The van der Waals surface area contributed by atoms with Gasteiger partial charge in [-0.2, -0.15) is 5.10 Å². The number of carbonyl (C=O) groups is 1. The van der Waals surface area contributed by atoms with Crippen molar-refractivity contribution in [3.63, 3.8) is 0 Å². The number of ether oxygens (including phenoxy) is 2. The molecule has 7 nitrogen and oxygen atoms in total. The fraction of sp³-hybridized carbons (Fsp3) is 0.474. The van der Waals surface area contributed by atoms with Gasteiger partial charge in [-0.05, 0) is 12.5 Å². The lowest BCUT2D eigenvalue weighted by atomic mass is 10.2. The van der Waals surface area contributed by atoms with Crippen LogP contribution in [0.1, 0.15) is 24.1 Å². The van der Waals surface area contributed by atoms with Crippen molar-refractivity contribution in [3.8, 4) is 0 Å². The number of hydrogen-bond acceptors (Lipinski definition) is 5. The minimum atomic E-state index is -0.289. The van der Waals surface area contributed by atoms with Gasteiger partial charge in [-0.25, -0.2) is 4.79 Å². The van der Waals surface area contributed by atoms with Gasteiger partial charge < -0.3 is 19.7 Å². The summed E-state index contributed by atoms with van der Waals surface area (Å²) in [6.07, 6.45) is 3.51. The van der Waals surface area contributed by atoms with Crippen molar-refractivity contribution in [2.24, 2.45) is 7.05 Å². The minimum Gasteiger partial charge on any atom is -0.445 e. The summed E-state index contributed by atoms with van der Waals surface area (Å²) in [6, 6.07) is 9.87. The normalized spacial score (nSPS) is 18.5. The third kappa shape index (κ3) is 5.06. The number of aromatic nitrogens is 2. The molecule has 1 aliphatic heterocycles. The number of aryl methyl sites for hydroxylation is 1. The van der Waals surface area contributed by atoms with E-state index in [1.54, 1.807) is 9.58 Å². The fourth-order valence-corrected chi connectivity index (χ4v) is 2.91. The average molecular weight is 358 g/mol. The zero-order valence-electron chi connectivity index (χ0n) is 15.3. The van der Waals surface area contributed by atoms with E-state index >= 15 is 0 Å². The van der Waals surface area contributed by atoms with Crippen LogP contribution in [-0.2, 0) is 23.1 Å². The predicted molar refractivity (Wildman–Crippen MR) is 97.6 cm³/mol. The van der Waals surface area contributed by atoms with Crippen molar-refractivity contribution in [3.05, 3.63) is 53.9 Å². The van der Waals surface area contributed by atoms with Crippen LogP contribution in [0.4, 0.5) is 4.79 Å². The van der Waals surface area contributed by atoms with Crippen LogP contribution in [0.5, 0.6) is 0 Å². The van der Waals surface area contributed by atoms with Crippen molar-refractivity contribution >= 4 is 6.09 Å². The van der Waals surface area contributed by atoms with E-state index in [0.29, 0.717) is 26.2 Å². The van der Waals surface area contributed by atoms with Crippen LogP contribution in [0.2, 0.25) is 0 Å². The second-order valence-electron chi connectivity index (χ2n) is 6.56. The molecule has 2 atom stereocenters. The standard InChI is InChI=1S/C19H26N4O3/c1-15(17-10-21-22(2)12-17)20-11-18-13-23(8-9-25-18)19(24)26-14-16-6-4-3-5-7-16/h3-7,10,12,15,18,20H,8-9,11,13-14H2,1-2H3. The van der Waals surface area contributed by atoms with Gasteiger partial charge in [0.2, 0.25) is 0 Å². The molecule has 1 saturated heterocycles. The lowest BCUT2D eigenvalue weighted by Gasteiger charge is -2.33. The van der Waals surface area contributed by atoms with E-state index in [-0.39, 0.29) is 24.8 Å². The lowest BCUT2D eigenvalue weighted by Crippen LogP contribution is -2.49. The quantitative estimate of drug-likeness (QED) is 0.857. The summed E-state index contributed by atoms with van der Waals surface area (Å²) in [5, 5.41) is 7.63. The van der Waals surface area contributed by atoms with E-state index in [0.717, 1.165) is 11.1 Å². The second kappa shape index (κ2) is 8.82. The summed E-state index contributed by atoms with van der Waals surface area (Å²) in [6.45, 7) is 4.65. The molecule has 2 heterocycles. The Morgan fingerprint density at radius 1 is 1.42 bits per heavy atom. The molecule has 2 aromatic rings. The molecule has 26 heavy (non-hydrogen) atoms. The van der Waals surface area contributed by atoms with Gasteiger partial charge in [0, 0.05) is 37.9 Å². The molecule has 0 bridgehead atoms. The average Bonchev–Trinajstić information content (AvgIpc) is 3.12. The highest BCUT2D eigenvalue weighted by molar-refractivity contribution is 5.67. The number of nitrogens with zero attached hydrogens (tertiary/aromatic N) is 3. The molecular formula is C19H26N4O3. The molecule has 7 heteroatoms. The molecule has 0 spiro atoms. The van der Waals surface area contributed by atoms with Crippen molar-refractivity contribution in [2.45, 2.75) is 25.7 Å². The highest BCUT2D eigenvalue weighted by Gasteiger charge is 2.25. The number of morpholine rings is 1.